The molecule has 0 aliphatic carbocycles. The molecule has 1 aromatic heterocycles. The standard InChI is InChI=1S/C14H16BrN3OS2/c15-11-5-3-10(4-6-11)9-20-14-18-17-13(21-14)16-8-12-2-1-7-19-12/h3-6,12H,1-2,7-9H2,(H,16,17). The Bertz CT molecular complexity index is 570. The Morgan fingerprint density at radius 3 is 2.95 bits per heavy atom. The SMILES string of the molecule is Brc1ccc(CSc2nnc(NCC3CCCO3)s2)cc1. The van der Waals surface area contributed by atoms with Gasteiger partial charge in [0.25, 0.3) is 0 Å². The zero-order valence-electron chi connectivity index (χ0n) is 11.4. The maximum atomic E-state index is 5.58. The molecule has 2 aromatic rings. The number of nitrogens with one attached hydrogen (secondary N) is 1. The van der Waals surface area contributed by atoms with Crippen LogP contribution in [0.1, 0.15) is 18.4 Å². The first-order chi connectivity index (χ1) is 10.3. The maximum Gasteiger partial charge on any atom is 0.206 e. The topological polar surface area (TPSA) is 47.0 Å². The smallest absolute Gasteiger partial charge is 0.206 e. The highest BCUT2D eigenvalue weighted by atomic mass is 79.9. The Morgan fingerprint density at radius 2 is 2.19 bits per heavy atom. The van der Waals surface area contributed by atoms with E-state index in [9.17, 15) is 0 Å². The van der Waals surface area contributed by atoms with Gasteiger partial charge in [-0.1, -0.05) is 51.2 Å². The van der Waals surface area contributed by atoms with E-state index < -0.39 is 0 Å². The lowest BCUT2D eigenvalue weighted by Crippen LogP contribution is -2.18. The van der Waals surface area contributed by atoms with Gasteiger partial charge in [0.15, 0.2) is 4.34 Å². The largest absolute Gasteiger partial charge is 0.376 e. The first-order valence-electron chi connectivity index (χ1n) is 6.86. The predicted octanol–water partition coefficient (Wildman–Crippen LogP) is 4.18. The lowest BCUT2D eigenvalue weighted by Gasteiger charge is -2.08. The van der Waals surface area contributed by atoms with Gasteiger partial charge in [-0.15, -0.1) is 10.2 Å². The molecule has 1 N–H and O–H groups in total. The fourth-order valence-electron chi connectivity index (χ4n) is 2.07. The van der Waals surface area contributed by atoms with Crippen LogP contribution in [-0.2, 0) is 10.5 Å². The predicted molar refractivity (Wildman–Crippen MR) is 91.1 cm³/mol. The van der Waals surface area contributed by atoms with E-state index in [1.807, 2.05) is 0 Å². The molecule has 1 fully saturated rings. The van der Waals surface area contributed by atoms with Crippen molar-refractivity contribution >= 4 is 44.2 Å². The molecule has 1 aliphatic heterocycles. The molecule has 0 radical (unpaired) electrons. The van der Waals surface area contributed by atoms with Crippen LogP contribution in [0.25, 0.3) is 0 Å². The Morgan fingerprint density at radius 1 is 1.33 bits per heavy atom. The van der Waals surface area contributed by atoms with Crippen molar-refractivity contribution in [2.24, 2.45) is 0 Å². The molecule has 0 saturated carbocycles. The van der Waals surface area contributed by atoms with Gasteiger partial charge < -0.3 is 10.1 Å². The van der Waals surface area contributed by atoms with Crippen molar-refractivity contribution in [3.05, 3.63) is 34.3 Å². The number of aromatic nitrogens is 2. The first kappa shape index (κ1) is 15.3. The van der Waals surface area contributed by atoms with Gasteiger partial charge in [0.2, 0.25) is 5.13 Å². The summed E-state index contributed by atoms with van der Waals surface area (Å²) in [4.78, 5) is 0. The molecule has 3 rings (SSSR count). The molecule has 7 heteroatoms. The molecule has 1 saturated heterocycles. The number of hydrogen-bond donors (Lipinski definition) is 1. The lowest BCUT2D eigenvalue weighted by atomic mass is 10.2. The Hall–Kier alpha value is -0.630. The summed E-state index contributed by atoms with van der Waals surface area (Å²) >= 11 is 6.76. The summed E-state index contributed by atoms with van der Waals surface area (Å²) in [7, 11) is 0. The molecule has 1 aromatic carbocycles. The third-order valence-electron chi connectivity index (χ3n) is 3.19. The van der Waals surface area contributed by atoms with Gasteiger partial charge in [-0.3, -0.25) is 0 Å². The maximum absolute atomic E-state index is 5.58. The minimum absolute atomic E-state index is 0.327. The van der Waals surface area contributed by atoms with Crippen LogP contribution in [0.2, 0.25) is 0 Å². The molecule has 1 unspecified atom stereocenters. The van der Waals surface area contributed by atoms with Crippen LogP contribution in [0.5, 0.6) is 0 Å². The normalized spacial score (nSPS) is 18.0. The van der Waals surface area contributed by atoms with E-state index in [1.54, 1.807) is 23.1 Å². The first-order valence-corrected chi connectivity index (χ1v) is 9.45. The van der Waals surface area contributed by atoms with Crippen LogP contribution >= 0.6 is 39.0 Å². The van der Waals surface area contributed by atoms with Crippen LogP contribution in [-0.4, -0.2) is 29.5 Å². The number of ether oxygens (including phenoxy) is 1. The molecule has 0 spiro atoms. The number of benzene rings is 1. The molecule has 112 valence electrons. The Balaban J connectivity index is 1.46. The zero-order chi connectivity index (χ0) is 14.5. The van der Waals surface area contributed by atoms with Gasteiger partial charge in [0.05, 0.1) is 6.10 Å². The van der Waals surface area contributed by atoms with Crippen LogP contribution in [0.3, 0.4) is 0 Å². The van der Waals surface area contributed by atoms with E-state index in [0.717, 1.165) is 45.7 Å². The monoisotopic (exact) mass is 385 g/mol. The van der Waals surface area contributed by atoms with Gasteiger partial charge in [-0.05, 0) is 30.5 Å². The van der Waals surface area contributed by atoms with Crippen molar-refractivity contribution in [3.63, 3.8) is 0 Å². The summed E-state index contributed by atoms with van der Waals surface area (Å²) in [5, 5.41) is 12.6. The summed E-state index contributed by atoms with van der Waals surface area (Å²) in [5.74, 6) is 0.910. The van der Waals surface area contributed by atoms with Crippen molar-refractivity contribution in [3.8, 4) is 0 Å². The highest BCUT2D eigenvalue weighted by molar-refractivity contribution is 9.10. The molecule has 0 bridgehead atoms. The third kappa shape index (κ3) is 4.67. The number of hydrogen-bond acceptors (Lipinski definition) is 6. The quantitative estimate of drug-likeness (QED) is 0.755. The molecule has 0 amide bonds. The fraction of sp³-hybridized carbons (Fsp3) is 0.429. The van der Waals surface area contributed by atoms with Crippen molar-refractivity contribution in [2.75, 3.05) is 18.5 Å². The van der Waals surface area contributed by atoms with Gasteiger partial charge in [-0.2, -0.15) is 0 Å². The molecular weight excluding hydrogens is 370 g/mol. The van der Waals surface area contributed by atoms with Gasteiger partial charge in [0, 0.05) is 23.4 Å². The highest BCUT2D eigenvalue weighted by Crippen LogP contribution is 2.28. The summed E-state index contributed by atoms with van der Waals surface area (Å²) in [6.45, 7) is 1.71. The molecule has 1 atom stereocenters. The molecule has 4 nitrogen and oxygen atoms in total. The lowest BCUT2D eigenvalue weighted by molar-refractivity contribution is 0.120. The number of nitrogens with zero attached hydrogens (tertiary/aromatic N) is 2. The summed E-state index contributed by atoms with van der Waals surface area (Å²) < 4.78 is 7.68. The second-order valence-electron chi connectivity index (χ2n) is 4.80. The third-order valence-corrected chi connectivity index (χ3v) is 5.80. The number of anilines is 1. The number of thioether (sulfide) groups is 1. The van der Waals surface area contributed by atoms with Gasteiger partial charge >= 0.3 is 0 Å². The van der Waals surface area contributed by atoms with E-state index in [1.165, 1.54) is 5.56 Å². The minimum atomic E-state index is 0.327. The average Bonchev–Trinajstić information content (AvgIpc) is 3.16. The second kappa shape index (κ2) is 7.58. The van der Waals surface area contributed by atoms with Crippen LogP contribution in [0.15, 0.2) is 33.1 Å². The number of halogens is 1. The van der Waals surface area contributed by atoms with Crippen molar-refractivity contribution in [1.82, 2.24) is 10.2 Å². The summed E-state index contributed by atoms with van der Waals surface area (Å²) in [5.41, 5.74) is 1.28. The molecule has 21 heavy (non-hydrogen) atoms. The van der Waals surface area contributed by atoms with Crippen LogP contribution in [0.4, 0.5) is 5.13 Å². The van der Waals surface area contributed by atoms with Crippen molar-refractivity contribution in [1.29, 1.82) is 0 Å². The average molecular weight is 386 g/mol. The Labute approximate surface area is 140 Å². The fourth-order valence-corrected chi connectivity index (χ4v) is 4.05. The highest BCUT2D eigenvalue weighted by Gasteiger charge is 2.15. The van der Waals surface area contributed by atoms with E-state index in [2.05, 4.69) is 55.7 Å². The molecule has 1 aliphatic rings. The van der Waals surface area contributed by atoms with E-state index in [-0.39, 0.29) is 0 Å². The zero-order valence-corrected chi connectivity index (χ0v) is 14.6. The van der Waals surface area contributed by atoms with Crippen molar-refractivity contribution in [2.45, 2.75) is 29.0 Å². The van der Waals surface area contributed by atoms with Crippen molar-refractivity contribution < 1.29 is 4.74 Å². The van der Waals surface area contributed by atoms with Gasteiger partial charge in [-0.25, -0.2) is 0 Å². The number of rotatable bonds is 6. The second-order valence-corrected chi connectivity index (χ2v) is 7.92. The summed E-state index contributed by atoms with van der Waals surface area (Å²) in [6, 6.07) is 8.36. The summed E-state index contributed by atoms with van der Waals surface area (Å²) in [6.07, 6.45) is 2.63. The van der Waals surface area contributed by atoms with E-state index in [4.69, 9.17) is 4.74 Å². The molecule has 2 heterocycles. The van der Waals surface area contributed by atoms with Crippen LogP contribution in [0, 0.1) is 0 Å². The van der Waals surface area contributed by atoms with Crippen LogP contribution < -0.4 is 5.32 Å². The minimum Gasteiger partial charge on any atom is -0.376 e. The molecular formula is C14H16BrN3OS2. The van der Waals surface area contributed by atoms with Gasteiger partial charge in [0.1, 0.15) is 0 Å². The Kier molecular flexibility index (Phi) is 5.51. The van der Waals surface area contributed by atoms with E-state index >= 15 is 0 Å². The van der Waals surface area contributed by atoms with E-state index in [0.29, 0.717) is 6.10 Å².